The Labute approximate surface area is 91.3 Å². The molecule has 0 aliphatic heterocycles. The Morgan fingerprint density at radius 2 is 1.73 bits per heavy atom. The Hall–Kier alpha value is -1.51. The van der Waals surface area contributed by atoms with Gasteiger partial charge in [0.05, 0.1) is 0 Å². The van der Waals surface area contributed by atoms with E-state index in [-0.39, 0.29) is 6.03 Å². The second kappa shape index (κ2) is 4.82. The molecule has 0 radical (unpaired) electrons. The molecule has 0 spiro atoms. The van der Waals surface area contributed by atoms with Crippen molar-refractivity contribution < 1.29 is 4.79 Å². The van der Waals surface area contributed by atoms with Gasteiger partial charge in [-0.2, -0.15) is 0 Å². The average molecular weight is 206 g/mol. The molecule has 0 fully saturated rings. The number of urea groups is 1. The van der Waals surface area contributed by atoms with Gasteiger partial charge in [0.25, 0.3) is 0 Å². The topological polar surface area (TPSA) is 23.6 Å². The fourth-order valence-electron chi connectivity index (χ4n) is 1.39. The summed E-state index contributed by atoms with van der Waals surface area (Å²) in [6.07, 6.45) is 0. The number of aryl methyl sites for hydroxylation is 1. The van der Waals surface area contributed by atoms with Crippen molar-refractivity contribution in [2.24, 2.45) is 0 Å². The number of hydrogen-bond donors (Lipinski definition) is 0. The molecule has 1 rings (SSSR count). The van der Waals surface area contributed by atoms with Crippen LogP contribution >= 0.6 is 0 Å². The molecule has 0 heterocycles. The summed E-state index contributed by atoms with van der Waals surface area (Å²) in [6.45, 7) is 4.69. The maximum Gasteiger partial charge on any atom is 0.323 e. The van der Waals surface area contributed by atoms with E-state index in [1.807, 2.05) is 38.1 Å². The summed E-state index contributed by atoms with van der Waals surface area (Å²) in [5.41, 5.74) is 2.15. The molecule has 82 valence electrons. The molecular formula is C12H18N2O. The number of amides is 2. The summed E-state index contributed by atoms with van der Waals surface area (Å²) in [7, 11) is 3.53. The lowest BCUT2D eigenvalue weighted by molar-refractivity contribution is 0.224. The van der Waals surface area contributed by atoms with Crippen molar-refractivity contribution in [3.8, 4) is 0 Å². The molecule has 0 atom stereocenters. The minimum Gasteiger partial charge on any atom is -0.330 e. The zero-order chi connectivity index (χ0) is 11.4. The van der Waals surface area contributed by atoms with Gasteiger partial charge in [-0.25, -0.2) is 4.79 Å². The monoisotopic (exact) mass is 206 g/mol. The Bertz CT molecular complexity index is 330. The van der Waals surface area contributed by atoms with Gasteiger partial charge < -0.3 is 4.90 Å². The molecule has 0 aromatic heterocycles. The maximum absolute atomic E-state index is 11.8. The predicted octanol–water partition coefficient (Wildman–Crippen LogP) is 2.50. The Kier molecular flexibility index (Phi) is 3.72. The Balaban J connectivity index is 2.92. The van der Waals surface area contributed by atoms with Gasteiger partial charge in [0.15, 0.2) is 0 Å². The molecule has 0 N–H and O–H groups in total. The van der Waals surface area contributed by atoms with Crippen LogP contribution in [0.15, 0.2) is 24.3 Å². The largest absolute Gasteiger partial charge is 0.330 e. The fourth-order valence-corrected chi connectivity index (χ4v) is 1.39. The highest BCUT2D eigenvalue weighted by Gasteiger charge is 2.14. The Morgan fingerprint density at radius 3 is 2.13 bits per heavy atom. The minimum absolute atomic E-state index is 0.0151. The normalized spacial score (nSPS) is 9.87. The lowest BCUT2D eigenvalue weighted by Gasteiger charge is -2.24. The first-order chi connectivity index (χ1) is 7.06. The number of rotatable bonds is 2. The molecule has 3 nitrogen and oxygen atoms in total. The third kappa shape index (κ3) is 2.72. The maximum atomic E-state index is 11.8. The van der Waals surface area contributed by atoms with Crippen molar-refractivity contribution in [2.45, 2.75) is 13.8 Å². The Morgan fingerprint density at radius 1 is 1.20 bits per heavy atom. The number of nitrogens with zero attached hydrogens (tertiary/aromatic N) is 2. The molecule has 0 saturated carbocycles. The second-order valence-electron chi connectivity index (χ2n) is 3.76. The molecule has 15 heavy (non-hydrogen) atoms. The molecule has 3 heteroatoms. The van der Waals surface area contributed by atoms with Gasteiger partial charge in [-0.1, -0.05) is 17.7 Å². The molecule has 0 aliphatic carbocycles. The first-order valence-electron chi connectivity index (χ1n) is 5.11. The van der Waals surface area contributed by atoms with Gasteiger partial charge in [0.2, 0.25) is 0 Å². The number of carbonyl (C=O) groups is 1. The van der Waals surface area contributed by atoms with Crippen LogP contribution < -0.4 is 4.90 Å². The summed E-state index contributed by atoms with van der Waals surface area (Å²) in [5, 5.41) is 0. The third-order valence-electron chi connectivity index (χ3n) is 2.28. The van der Waals surface area contributed by atoms with Crippen LogP contribution in [0.2, 0.25) is 0 Å². The van der Waals surface area contributed by atoms with Crippen LogP contribution in [0, 0.1) is 6.92 Å². The predicted molar refractivity (Wildman–Crippen MR) is 63.3 cm³/mol. The molecular weight excluding hydrogens is 188 g/mol. The van der Waals surface area contributed by atoms with Gasteiger partial charge >= 0.3 is 6.03 Å². The smallest absolute Gasteiger partial charge is 0.323 e. The molecule has 0 bridgehead atoms. The number of carbonyl (C=O) groups excluding carboxylic acids is 1. The van der Waals surface area contributed by atoms with Crippen molar-refractivity contribution in [2.75, 3.05) is 25.5 Å². The number of benzene rings is 1. The van der Waals surface area contributed by atoms with Crippen molar-refractivity contribution >= 4 is 11.7 Å². The van der Waals surface area contributed by atoms with E-state index in [0.717, 1.165) is 5.69 Å². The standard InChI is InChI=1S/C12H18N2O/c1-5-14(12(15)13(3)4)11-8-6-10(2)7-9-11/h6-9H,5H2,1-4H3. The first-order valence-corrected chi connectivity index (χ1v) is 5.11. The van der Waals surface area contributed by atoms with Gasteiger partial charge in [0.1, 0.15) is 0 Å². The molecule has 1 aromatic carbocycles. The van der Waals surface area contributed by atoms with Crippen LogP contribution in [-0.2, 0) is 0 Å². The van der Waals surface area contributed by atoms with Crippen molar-refractivity contribution in [3.05, 3.63) is 29.8 Å². The highest BCUT2D eigenvalue weighted by atomic mass is 16.2. The van der Waals surface area contributed by atoms with Crippen LogP contribution in [0.5, 0.6) is 0 Å². The van der Waals surface area contributed by atoms with E-state index in [2.05, 4.69) is 0 Å². The zero-order valence-electron chi connectivity index (χ0n) is 9.82. The van der Waals surface area contributed by atoms with Crippen LogP contribution in [-0.4, -0.2) is 31.6 Å². The quantitative estimate of drug-likeness (QED) is 0.729. The lowest BCUT2D eigenvalue weighted by atomic mass is 10.2. The van der Waals surface area contributed by atoms with Gasteiger partial charge in [-0.3, -0.25) is 4.90 Å². The highest BCUT2D eigenvalue weighted by Crippen LogP contribution is 2.15. The van der Waals surface area contributed by atoms with Crippen LogP contribution in [0.1, 0.15) is 12.5 Å². The van der Waals surface area contributed by atoms with Crippen LogP contribution in [0.3, 0.4) is 0 Å². The van der Waals surface area contributed by atoms with Crippen molar-refractivity contribution in [3.63, 3.8) is 0 Å². The summed E-state index contributed by atoms with van der Waals surface area (Å²) in [5.74, 6) is 0. The van der Waals surface area contributed by atoms with Crippen LogP contribution in [0.25, 0.3) is 0 Å². The van der Waals surface area contributed by atoms with Crippen LogP contribution in [0.4, 0.5) is 10.5 Å². The fraction of sp³-hybridized carbons (Fsp3) is 0.417. The molecule has 2 amide bonds. The summed E-state index contributed by atoms with van der Waals surface area (Å²) >= 11 is 0. The van der Waals surface area contributed by atoms with E-state index >= 15 is 0 Å². The van der Waals surface area contributed by atoms with E-state index in [0.29, 0.717) is 6.54 Å². The van der Waals surface area contributed by atoms with E-state index < -0.39 is 0 Å². The van der Waals surface area contributed by atoms with Crippen molar-refractivity contribution in [1.82, 2.24) is 4.90 Å². The second-order valence-corrected chi connectivity index (χ2v) is 3.76. The molecule has 1 aromatic rings. The minimum atomic E-state index is 0.0151. The van der Waals surface area contributed by atoms with E-state index in [1.165, 1.54) is 5.56 Å². The third-order valence-corrected chi connectivity index (χ3v) is 2.28. The SMILES string of the molecule is CCN(C(=O)N(C)C)c1ccc(C)cc1. The summed E-state index contributed by atoms with van der Waals surface area (Å²) in [4.78, 5) is 15.1. The van der Waals surface area contributed by atoms with Crippen molar-refractivity contribution in [1.29, 1.82) is 0 Å². The average Bonchev–Trinajstić information content (AvgIpc) is 2.21. The summed E-state index contributed by atoms with van der Waals surface area (Å²) in [6, 6.07) is 7.99. The van der Waals surface area contributed by atoms with Gasteiger partial charge in [0, 0.05) is 26.3 Å². The number of anilines is 1. The number of hydrogen-bond acceptors (Lipinski definition) is 1. The van der Waals surface area contributed by atoms with Gasteiger partial charge in [-0.15, -0.1) is 0 Å². The molecule has 0 saturated heterocycles. The zero-order valence-corrected chi connectivity index (χ0v) is 9.82. The molecule has 0 unspecified atom stereocenters. The van der Waals surface area contributed by atoms with E-state index in [1.54, 1.807) is 23.9 Å². The highest BCUT2D eigenvalue weighted by molar-refractivity contribution is 5.91. The summed E-state index contributed by atoms with van der Waals surface area (Å²) < 4.78 is 0. The molecule has 0 aliphatic rings. The lowest BCUT2D eigenvalue weighted by Crippen LogP contribution is -2.39. The van der Waals surface area contributed by atoms with E-state index in [9.17, 15) is 4.79 Å². The first kappa shape index (κ1) is 11.6. The van der Waals surface area contributed by atoms with E-state index in [4.69, 9.17) is 0 Å². The van der Waals surface area contributed by atoms with Gasteiger partial charge in [-0.05, 0) is 26.0 Å².